The summed E-state index contributed by atoms with van der Waals surface area (Å²) in [5.74, 6) is -0.314. The lowest BCUT2D eigenvalue weighted by Crippen LogP contribution is -2.18. The number of halogens is 2. The molecular formula is C19H19Cl2NO5S. The summed E-state index contributed by atoms with van der Waals surface area (Å²) in [4.78, 5) is 12.8. The van der Waals surface area contributed by atoms with E-state index in [-0.39, 0.29) is 27.9 Å². The highest BCUT2D eigenvalue weighted by Gasteiger charge is 2.26. The Hall–Kier alpha value is -1.80. The van der Waals surface area contributed by atoms with E-state index >= 15 is 0 Å². The lowest BCUT2D eigenvalue weighted by atomic mass is 10.1. The van der Waals surface area contributed by atoms with Crippen LogP contribution in [0.4, 0.5) is 5.69 Å². The number of carbonyl (C=O) groups is 1. The molecule has 0 saturated carbocycles. The summed E-state index contributed by atoms with van der Waals surface area (Å²) in [6.07, 6.45) is 0.708. The van der Waals surface area contributed by atoms with Crippen molar-refractivity contribution in [2.24, 2.45) is 5.92 Å². The normalized spacial score (nSPS) is 16.8. The number of hydrogen-bond acceptors (Lipinski definition) is 5. The Morgan fingerprint density at radius 3 is 2.64 bits per heavy atom. The van der Waals surface area contributed by atoms with Crippen molar-refractivity contribution in [3.05, 3.63) is 52.0 Å². The molecular weight excluding hydrogens is 425 g/mol. The van der Waals surface area contributed by atoms with Crippen molar-refractivity contribution < 1.29 is 22.7 Å². The van der Waals surface area contributed by atoms with E-state index in [0.717, 1.165) is 0 Å². The Labute approximate surface area is 173 Å². The first-order valence-corrected chi connectivity index (χ1v) is 11.0. The number of nitrogens with one attached hydrogen (secondary N) is 1. The van der Waals surface area contributed by atoms with Crippen LogP contribution in [0.15, 0.2) is 41.3 Å². The molecule has 0 radical (unpaired) electrons. The molecule has 1 amide bonds. The predicted molar refractivity (Wildman–Crippen MR) is 108 cm³/mol. The van der Waals surface area contributed by atoms with Crippen molar-refractivity contribution in [1.29, 1.82) is 0 Å². The monoisotopic (exact) mass is 443 g/mol. The number of anilines is 1. The van der Waals surface area contributed by atoms with E-state index in [1.165, 1.54) is 31.4 Å². The van der Waals surface area contributed by atoms with Crippen LogP contribution in [0.1, 0.15) is 16.8 Å². The molecule has 0 aromatic heterocycles. The van der Waals surface area contributed by atoms with E-state index in [4.69, 9.17) is 32.7 Å². The average Bonchev–Trinajstić information content (AvgIpc) is 3.16. The lowest BCUT2D eigenvalue weighted by molar-refractivity contribution is 0.102. The molecule has 9 heteroatoms. The van der Waals surface area contributed by atoms with Gasteiger partial charge in [0.2, 0.25) is 0 Å². The van der Waals surface area contributed by atoms with E-state index < -0.39 is 15.7 Å². The molecule has 3 rings (SSSR count). The third kappa shape index (κ3) is 4.78. The van der Waals surface area contributed by atoms with Gasteiger partial charge < -0.3 is 14.8 Å². The van der Waals surface area contributed by atoms with E-state index in [2.05, 4.69) is 5.32 Å². The standard InChI is InChI=1S/C19H19Cl2NO5S/c1-26-18-5-3-14(28(24,25)11-12-6-7-27-10-12)9-15(18)19(23)22-13-2-4-16(20)17(21)8-13/h2-5,8-9,12H,6-7,10-11H2,1H3,(H,22,23)/t12-/m0/s1. The van der Waals surface area contributed by atoms with Crippen molar-refractivity contribution in [2.75, 3.05) is 31.4 Å². The van der Waals surface area contributed by atoms with Gasteiger partial charge >= 0.3 is 0 Å². The summed E-state index contributed by atoms with van der Waals surface area (Å²) < 4.78 is 36.0. The van der Waals surface area contributed by atoms with Crippen LogP contribution in [0.2, 0.25) is 10.0 Å². The van der Waals surface area contributed by atoms with Crippen LogP contribution in [0.5, 0.6) is 5.75 Å². The van der Waals surface area contributed by atoms with Crippen LogP contribution >= 0.6 is 23.2 Å². The molecule has 0 spiro atoms. The van der Waals surface area contributed by atoms with Gasteiger partial charge in [0.05, 0.1) is 40.0 Å². The van der Waals surface area contributed by atoms with Crippen molar-refractivity contribution in [3.8, 4) is 5.75 Å². The van der Waals surface area contributed by atoms with E-state index in [0.29, 0.717) is 35.4 Å². The molecule has 1 atom stereocenters. The van der Waals surface area contributed by atoms with Gasteiger partial charge in [-0.1, -0.05) is 23.2 Å². The number of hydrogen-bond donors (Lipinski definition) is 1. The number of rotatable bonds is 6. The number of benzene rings is 2. The maximum absolute atomic E-state index is 12.7. The fourth-order valence-electron chi connectivity index (χ4n) is 2.95. The second kappa shape index (κ2) is 8.69. The van der Waals surface area contributed by atoms with Gasteiger partial charge in [0, 0.05) is 12.3 Å². The topological polar surface area (TPSA) is 81.7 Å². The predicted octanol–water partition coefficient (Wildman–Crippen LogP) is 4.06. The van der Waals surface area contributed by atoms with Crippen LogP contribution in [0, 0.1) is 5.92 Å². The van der Waals surface area contributed by atoms with Crippen LogP contribution in [0.3, 0.4) is 0 Å². The first kappa shape index (κ1) is 20.9. The fraction of sp³-hybridized carbons (Fsp3) is 0.316. The number of carbonyl (C=O) groups excluding carboxylic acids is 1. The number of amides is 1. The Kier molecular flexibility index (Phi) is 6.50. The quantitative estimate of drug-likeness (QED) is 0.727. The summed E-state index contributed by atoms with van der Waals surface area (Å²) in [6.45, 7) is 1.00. The van der Waals surface area contributed by atoms with Crippen molar-refractivity contribution >= 4 is 44.6 Å². The molecule has 1 heterocycles. The first-order valence-electron chi connectivity index (χ1n) is 8.55. The maximum atomic E-state index is 12.7. The Morgan fingerprint density at radius 1 is 1.21 bits per heavy atom. The molecule has 28 heavy (non-hydrogen) atoms. The summed E-state index contributed by atoms with van der Waals surface area (Å²) in [5, 5.41) is 3.33. The van der Waals surface area contributed by atoms with Gasteiger partial charge in [-0.2, -0.15) is 0 Å². The summed E-state index contributed by atoms with van der Waals surface area (Å²) >= 11 is 11.9. The number of sulfone groups is 1. The van der Waals surface area contributed by atoms with Crippen LogP contribution in [-0.2, 0) is 14.6 Å². The van der Waals surface area contributed by atoms with Gasteiger partial charge in [-0.3, -0.25) is 4.79 Å². The maximum Gasteiger partial charge on any atom is 0.259 e. The van der Waals surface area contributed by atoms with Gasteiger partial charge in [0.15, 0.2) is 9.84 Å². The second-order valence-electron chi connectivity index (χ2n) is 6.46. The average molecular weight is 444 g/mol. The summed E-state index contributed by atoms with van der Waals surface area (Å²) in [5.41, 5.74) is 0.537. The molecule has 1 N–H and O–H groups in total. The molecule has 150 valence electrons. The SMILES string of the molecule is COc1ccc(S(=O)(=O)C[C@H]2CCOC2)cc1C(=O)Nc1ccc(Cl)c(Cl)c1. The minimum absolute atomic E-state index is 0.0207. The zero-order valence-electron chi connectivity index (χ0n) is 15.1. The number of ether oxygens (including phenoxy) is 2. The largest absolute Gasteiger partial charge is 0.496 e. The Morgan fingerprint density at radius 2 is 2.00 bits per heavy atom. The fourth-order valence-corrected chi connectivity index (χ4v) is 4.90. The van der Waals surface area contributed by atoms with Gasteiger partial charge in [-0.15, -0.1) is 0 Å². The highest BCUT2D eigenvalue weighted by molar-refractivity contribution is 7.91. The van der Waals surface area contributed by atoms with Gasteiger partial charge in [-0.25, -0.2) is 8.42 Å². The van der Waals surface area contributed by atoms with Crippen LogP contribution in [0.25, 0.3) is 0 Å². The van der Waals surface area contributed by atoms with E-state index in [1.807, 2.05) is 0 Å². The molecule has 6 nitrogen and oxygen atoms in total. The highest BCUT2D eigenvalue weighted by Crippen LogP contribution is 2.28. The van der Waals surface area contributed by atoms with Gasteiger partial charge in [-0.05, 0) is 48.7 Å². The molecule has 0 unspecified atom stereocenters. The summed E-state index contributed by atoms with van der Waals surface area (Å²) in [6, 6.07) is 8.91. The molecule has 1 fully saturated rings. The third-order valence-corrected chi connectivity index (χ3v) is 7.05. The van der Waals surface area contributed by atoms with Gasteiger partial charge in [0.25, 0.3) is 5.91 Å². The molecule has 1 saturated heterocycles. The molecule has 2 aromatic carbocycles. The lowest BCUT2D eigenvalue weighted by Gasteiger charge is -2.13. The van der Waals surface area contributed by atoms with Crippen molar-refractivity contribution in [3.63, 3.8) is 0 Å². The minimum atomic E-state index is -3.56. The zero-order valence-corrected chi connectivity index (χ0v) is 17.4. The van der Waals surface area contributed by atoms with Crippen LogP contribution in [-0.4, -0.2) is 40.4 Å². The summed E-state index contributed by atoms with van der Waals surface area (Å²) in [7, 11) is -2.15. The van der Waals surface area contributed by atoms with Crippen LogP contribution < -0.4 is 10.1 Å². The number of methoxy groups -OCH3 is 1. The van der Waals surface area contributed by atoms with E-state index in [1.54, 1.807) is 12.1 Å². The van der Waals surface area contributed by atoms with E-state index in [9.17, 15) is 13.2 Å². The molecule has 0 bridgehead atoms. The highest BCUT2D eigenvalue weighted by atomic mass is 35.5. The zero-order chi connectivity index (χ0) is 20.3. The smallest absolute Gasteiger partial charge is 0.259 e. The Balaban J connectivity index is 1.87. The third-order valence-electron chi connectivity index (χ3n) is 4.43. The molecule has 1 aliphatic rings. The second-order valence-corrected chi connectivity index (χ2v) is 9.30. The van der Waals surface area contributed by atoms with Gasteiger partial charge in [0.1, 0.15) is 5.75 Å². The first-order chi connectivity index (χ1) is 13.3. The van der Waals surface area contributed by atoms with Crippen molar-refractivity contribution in [2.45, 2.75) is 11.3 Å². The van der Waals surface area contributed by atoms with Crippen molar-refractivity contribution in [1.82, 2.24) is 0 Å². The molecule has 2 aromatic rings. The minimum Gasteiger partial charge on any atom is -0.496 e. The molecule has 1 aliphatic heterocycles. The Bertz CT molecular complexity index is 988. The molecule has 0 aliphatic carbocycles.